The fraction of sp³-hybridized carbons (Fsp3) is 0.857. The number of sulfonamides is 1. The van der Waals surface area contributed by atoms with Crippen LogP contribution in [-0.4, -0.2) is 58.8 Å². The first-order valence-corrected chi connectivity index (χ1v) is 9.91. The summed E-state index contributed by atoms with van der Waals surface area (Å²) in [6.45, 7) is 6.40. The molecule has 0 aliphatic heterocycles. The van der Waals surface area contributed by atoms with Crippen LogP contribution in [0.2, 0.25) is 0 Å². The SMILES string of the molecule is CCNC(=NCCCNS(=O)(=O)CC)NCCNC(=O)C1CC1. The average Bonchev–Trinajstić information content (AvgIpc) is 3.35. The van der Waals surface area contributed by atoms with E-state index in [-0.39, 0.29) is 17.6 Å². The summed E-state index contributed by atoms with van der Waals surface area (Å²) in [5.74, 6) is 1.12. The van der Waals surface area contributed by atoms with Crippen LogP contribution < -0.4 is 20.7 Å². The number of nitrogens with zero attached hydrogens (tertiary/aromatic N) is 1. The molecule has 0 unspecified atom stereocenters. The first kappa shape index (κ1) is 19.7. The van der Waals surface area contributed by atoms with Gasteiger partial charge in [-0.25, -0.2) is 13.1 Å². The van der Waals surface area contributed by atoms with Gasteiger partial charge in [-0.1, -0.05) is 0 Å². The molecule has 0 radical (unpaired) electrons. The molecule has 1 aliphatic carbocycles. The Morgan fingerprint density at radius 1 is 1.09 bits per heavy atom. The van der Waals surface area contributed by atoms with Gasteiger partial charge in [0.15, 0.2) is 5.96 Å². The van der Waals surface area contributed by atoms with E-state index in [1.807, 2.05) is 6.92 Å². The van der Waals surface area contributed by atoms with E-state index in [0.717, 1.165) is 19.4 Å². The van der Waals surface area contributed by atoms with E-state index in [2.05, 4.69) is 25.7 Å². The monoisotopic (exact) mass is 347 g/mol. The van der Waals surface area contributed by atoms with Crippen molar-refractivity contribution < 1.29 is 13.2 Å². The summed E-state index contributed by atoms with van der Waals surface area (Å²) in [6.07, 6.45) is 2.64. The van der Waals surface area contributed by atoms with Gasteiger partial charge in [-0.2, -0.15) is 0 Å². The van der Waals surface area contributed by atoms with Crippen molar-refractivity contribution in [2.45, 2.75) is 33.1 Å². The molecule has 8 nitrogen and oxygen atoms in total. The predicted octanol–water partition coefficient (Wildman–Crippen LogP) is -0.603. The van der Waals surface area contributed by atoms with Gasteiger partial charge >= 0.3 is 0 Å². The second-order valence-corrected chi connectivity index (χ2v) is 7.50. The second kappa shape index (κ2) is 10.4. The Kier molecular flexibility index (Phi) is 8.93. The van der Waals surface area contributed by atoms with Crippen molar-refractivity contribution in [1.82, 2.24) is 20.7 Å². The topological polar surface area (TPSA) is 112 Å². The summed E-state index contributed by atoms with van der Waals surface area (Å²) in [5, 5.41) is 9.13. The zero-order valence-electron chi connectivity index (χ0n) is 14.0. The van der Waals surface area contributed by atoms with Gasteiger partial charge in [0.2, 0.25) is 15.9 Å². The van der Waals surface area contributed by atoms with Crippen LogP contribution >= 0.6 is 0 Å². The van der Waals surface area contributed by atoms with E-state index in [1.54, 1.807) is 6.92 Å². The van der Waals surface area contributed by atoms with Gasteiger partial charge in [0.1, 0.15) is 0 Å². The van der Waals surface area contributed by atoms with Gasteiger partial charge < -0.3 is 16.0 Å². The highest BCUT2D eigenvalue weighted by molar-refractivity contribution is 7.89. The van der Waals surface area contributed by atoms with E-state index in [9.17, 15) is 13.2 Å². The van der Waals surface area contributed by atoms with Gasteiger partial charge in [-0.05, 0) is 33.1 Å². The highest BCUT2D eigenvalue weighted by Gasteiger charge is 2.28. The molecule has 1 saturated carbocycles. The third kappa shape index (κ3) is 9.39. The number of carbonyl (C=O) groups excluding carboxylic acids is 1. The van der Waals surface area contributed by atoms with Crippen LogP contribution in [0, 0.1) is 5.92 Å². The lowest BCUT2D eigenvalue weighted by molar-refractivity contribution is -0.122. The first-order chi connectivity index (χ1) is 11.0. The van der Waals surface area contributed by atoms with Crippen LogP contribution in [0.5, 0.6) is 0 Å². The molecule has 134 valence electrons. The van der Waals surface area contributed by atoms with Crippen LogP contribution in [0.3, 0.4) is 0 Å². The number of hydrogen-bond donors (Lipinski definition) is 4. The number of carbonyl (C=O) groups is 1. The maximum Gasteiger partial charge on any atom is 0.223 e. The zero-order valence-corrected chi connectivity index (χ0v) is 14.8. The van der Waals surface area contributed by atoms with Gasteiger partial charge in [-0.15, -0.1) is 0 Å². The lowest BCUT2D eigenvalue weighted by Gasteiger charge is -2.12. The van der Waals surface area contributed by atoms with Gasteiger partial charge in [0.05, 0.1) is 5.75 Å². The number of nitrogens with one attached hydrogen (secondary N) is 4. The molecule has 0 saturated heterocycles. The quantitative estimate of drug-likeness (QED) is 0.226. The normalized spacial score (nSPS) is 15.3. The standard InChI is InChI=1S/C14H29N5O3S/c1-3-15-14(17-8-5-9-19-23(21,22)4-2)18-11-10-16-13(20)12-6-7-12/h12,19H,3-11H2,1-2H3,(H,16,20)(H2,15,17,18). The summed E-state index contributed by atoms with van der Waals surface area (Å²) >= 11 is 0. The maximum atomic E-state index is 11.5. The molecule has 4 N–H and O–H groups in total. The molecule has 1 rings (SSSR count). The van der Waals surface area contributed by atoms with Gasteiger partial charge in [0.25, 0.3) is 0 Å². The van der Waals surface area contributed by atoms with Gasteiger partial charge in [-0.3, -0.25) is 9.79 Å². The third-order valence-electron chi connectivity index (χ3n) is 3.32. The minimum absolute atomic E-state index is 0.0903. The molecule has 0 aromatic heterocycles. The highest BCUT2D eigenvalue weighted by Crippen LogP contribution is 2.28. The minimum atomic E-state index is -3.13. The van der Waals surface area contributed by atoms with Crippen molar-refractivity contribution in [3.05, 3.63) is 0 Å². The molecule has 1 aliphatic rings. The predicted molar refractivity (Wildman–Crippen MR) is 91.8 cm³/mol. The molecule has 0 spiro atoms. The van der Waals surface area contributed by atoms with Crippen LogP contribution in [-0.2, 0) is 14.8 Å². The smallest absolute Gasteiger partial charge is 0.223 e. The van der Waals surface area contributed by atoms with Crippen LogP contribution in [0.1, 0.15) is 33.1 Å². The molecular formula is C14H29N5O3S. The average molecular weight is 347 g/mol. The lowest BCUT2D eigenvalue weighted by atomic mass is 10.4. The van der Waals surface area contributed by atoms with Gasteiger partial charge in [0, 0.05) is 38.6 Å². The summed E-state index contributed by atoms with van der Waals surface area (Å²) < 4.78 is 25.1. The van der Waals surface area contributed by atoms with Crippen LogP contribution in [0.4, 0.5) is 0 Å². The van der Waals surface area contributed by atoms with E-state index < -0.39 is 10.0 Å². The fourth-order valence-corrected chi connectivity index (χ4v) is 2.46. The molecule has 0 heterocycles. The zero-order chi connectivity index (χ0) is 17.1. The van der Waals surface area contributed by atoms with Crippen molar-refractivity contribution in [3.63, 3.8) is 0 Å². The molecule has 9 heteroatoms. The van der Waals surface area contributed by atoms with E-state index in [0.29, 0.717) is 38.6 Å². The largest absolute Gasteiger partial charge is 0.357 e. The Bertz CT molecular complexity index is 489. The lowest BCUT2D eigenvalue weighted by Crippen LogP contribution is -2.41. The van der Waals surface area contributed by atoms with Crippen LogP contribution in [0.15, 0.2) is 4.99 Å². The number of amides is 1. The highest BCUT2D eigenvalue weighted by atomic mass is 32.2. The Morgan fingerprint density at radius 2 is 1.78 bits per heavy atom. The molecule has 0 atom stereocenters. The fourth-order valence-electron chi connectivity index (χ4n) is 1.80. The number of hydrogen-bond acceptors (Lipinski definition) is 4. The molecule has 1 amide bonds. The number of guanidine groups is 1. The second-order valence-electron chi connectivity index (χ2n) is 5.40. The van der Waals surface area contributed by atoms with E-state index >= 15 is 0 Å². The summed E-state index contributed by atoms with van der Waals surface area (Å²) in [5.41, 5.74) is 0. The van der Waals surface area contributed by atoms with Crippen molar-refractivity contribution in [2.24, 2.45) is 10.9 Å². The Balaban J connectivity index is 2.17. The maximum absolute atomic E-state index is 11.5. The molecule has 0 aromatic rings. The first-order valence-electron chi connectivity index (χ1n) is 8.25. The third-order valence-corrected chi connectivity index (χ3v) is 4.72. The summed E-state index contributed by atoms with van der Waals surface area (Å²) in [6, 6.07) is 0. The number of rotatable bonds is 11. The van der Waals surface area contributed by atoms with Crippen molar-refractivity contribution in [3.8, 4) is 0 Å². The minimum Gasteiger partial charge on any atom is -0.357 e. The number of aliphatic imine (C=N–C) groups is 1. The molecule has 23 heavy (non-hydrogen) atoms. The molecule has 0 aromatic carbocycles. The Labute approximate surface area is 138 Å². The van der Waals surface area contributed by atoms with Crippen molar-refractivity contribution >= 4 is 21.9 Å². The molecule has 1 fully saturated rings. The van der Waals surface area contributed by atoms with E-state index in [4.69, 9.17) is 0 Å². The van der Waals surface area contributed by atoms with Crippen molar-refractivity contribution in [1.29, 1.82) is 0 Å². The van der Waals surface area contributed by atoms with Crippen LogP contribution in [0.25, 0.3) is 0 Å². The molecular weight excluding hydrogens is 318 g/mol. The molecule has 0 bridgehead atoms. The summed E-state index contributed by atoms with van der Waals surface area (Å²) in [7, 11) is -3.13. The van der Waals surface area contributed by atoms with E-state index in [1.165, 1.54) is 0 Å². The van der Waals surface area contributed by atoms with Crippen molar-refractivity contribution in [2.75, 3.05) is 38.5 Å². The Morgan fingerprint density at radius 3 is 2.39 bits per heavy atom. The Hall–Kier alpha value is -1.35. The summed E-state index contributed by atoms with van der Waals surface area (Å²) in [4.78, 5) is 15.9.